The van der Waals surface area contributed by atoms with E-state index in [2.05, 4.69) is 10.6 Å². The van der Waals surface area contributed by atoms with E-state index in [1.807, 2.05) is 0 Å². The first kappa shape index (κ1) is 17.2. The van der Waals surface area contributed by atoms with Crippen LogP contribution in [-0.2, 0) is 4.79 Å². The Kier molecular flexibility index (Phi) is 5.97. The third kappa shape index (κ3) is 4.93. The lowest BCUT2D eigenvalue weighted by Gasteiger charge is -2.28. The van der Waals surface area contributed by atoms with Gasteiger partial charge in [-0.2, -0.15) is 0 Å². The quantitative estimate of drug-likeness (QED) is 0.675. The lowest BCUT2D eigenvalue weighted by molar-refractivity contribution is -0.126. The molecule has 4 nitrogen and oxygen atoms in total. The third-order valence-electron chi connectivity index (χ3n) is 6.52. The predicted octanol–water partition coefficient (Wildman–Crippen LogP) is 2.57. The fourth-order valence-corrected chi connectivity index (χ4v) is 4.34. The highest BCUT2D eigenvalue weighted by Crippen LogP contribution is 2.44. The van der Waals surface area contributed by atoms with Gasteiger partial charge in [0.2, 0.25) is 5.91 Å². The van der Waals surface area contributed by atoms with Crippen LogP contribution < -0.4 is 16.4 Å². The fraction of sp³-hybridized carbons (Fsp3) is 0.947. The summed E-state index contributed by atoms with van der Waals surface area (Å²) in [4.78, 5) is 12.4. The Hall–Kier alpha value is -0.610. The Morgan fingerprint density at radius 2 is 1.65 bits per heavy atom. The summed E-state index contributed by atoms with van der Waals surface area (Å²) in [6, 6.07) is 0.725. The van der Waals surface area contributed by atoms with Gasteiger partial charge in [-0.15, -0.1) is 0 Å². The van der Waals surface area contributed by atoms with Gasteiger partial charge in [-0.25, -0.2) is 0 Å². The Labute approximate surface area is 141 Å². The van der Waals surface area contributed by atoms with Crippen molar-refractivity contribution in [2.24, 2.45) is 23.0 Å². The Morgan fingerprint density at radius 3 is 2.26 bits per heavy atom. The molecule has 0 heterocycles. The highest BCUT2D eigenvalue weighted by Gasteiger charge is 2.43. The second-order valence-electron chi connectivity index (χ2n) is 8.39. The van der Waals surface area contributed by atoms with Gasteiger partial charge < -0.3 is 16.4 Å². The van der Waals surface area contributed by atoms with E-state index in [1.54, 1.807) is 0 Å². The molecule has 4 heteroatoms. The van der Waals surface area contributed by atoms with Gasteiger partial charge in [0, 0.05) is 30.5 Å². The molecule has 3 saturated carbocycles. The van der Waals surface area contributed by atoms with E-state index in [-0.39, 0.29) is 5.92 Å². The molecule has 0 atom stereocenters. The fourth-order valence-electron chi connectivity index (χ4n) is 4.34. The molecule has 0 aliphatic heterocycles. The van der Waals surface area contributed by atoms with Gasteiger partial charge in [-0.3, -0.25) is 4.79 Å². The van der Waals surface area contributed by atoms with Crippen LogP contribution in [0.5, 0.6) is 0 Å². The monoisotopic (exact) mass is 321 g/mol. The molecule has 0 radical (unpaired) electrons. The topological polar surface area (TPSA) is 67.2 Å². The Balaban J connectivity index is 1.35. The number of nitrogens with two attached hydrogens (primary N) is 1. The van der Waals surface area contributed by atoms with Gasteiger partial charge in [0.15, 0.2) is 0 Å². The van der Waals surface area contributed by atoms with Gasteiger partial charge in [0.1, 0.15) is 0 Å². The van der Waals surface area contributed by atoms with E-state index in [1.165, 1.54) is 44.9 Å². The molecule has 0 spiro atoms. The molecule has 3 aliphatic rings. The molecule has 0 aromatic heterocycles. The smallest absolute Gasteiger partial charge is 0.223 e. The van der Waals surface area contributed by atoms with Crippen LogP contribution in [0, 0.1) is 17.3 Å². The molecular weight excluding hydrogens is 286 g/mol. The average molecular weight is 322 g/mol. The molecule has 23 heavy (non-hydrogen) atoms. The van der Waals surface area contributed by atoms with E-state index in [0.29, 0.717) is 17.2 Å². The van der Waals surface area contributed by atoms with Crippen molar-refractivity contribution in [1.82, 2.24) is 10.6 Å². The molecule has 3 aliphatic carbocycles. The van der Waals surface area contributed by atoms with E-state index in [0.717, 1.165) is 51.4 Å². The van der Waals surface area contributed by atoms with E-state index >= 15 is 0 Å². The van der Waals surface area contributed by atoms with Gasteiger partial charge in [-0.1, -0.05) is 19.3 Å². The van der Waals surface area contributed by atoms with Crippen LogP contribution in [0.1, 0.15) is 70.6 Å². The maximum absolute atomic E-state index is 12.4. The zero-order chi connectivity index (χ0) is 16.1. The van der Waals surface area contributed by atoms with E-state index < -0.39 is 0 Å². The second kappa shape index (κ2) is 7.98. The maximum Gasteiger partial charge on any atom is 0.223 e. The summed E-state index contributed by atoms with van der Waals surface area (Å²) in [6.45, 7) is 2.75. The maximum atomic E-state index is 12.4. The number of amides is 1. The number of carbonyl (C=O) groups is 1. The summed E-state index contributed by atoms with van der Waals surface area (Å²) in [6.07, 6.45) is 13.7. The summed E-state index contributed by atoms with van der Waals surface area (Å²) >= 11 is 0. The molecule has 4 N–H and O–H groups in total. The summed E-state index contributed by atoms with van der Waals surface area (Å²) < 4.78 is 0. The van der Waals surface area contributed by atoms with Crippen LogP contribution in [0.4, 0.5) is 0 Å². The number of hydrogen-bond donors (Lipinski definition) is 3. The van der Waals surface area contributed by atoms with Crippen molar-refractivity contribution in [3.05, 3.63) is 0 Å². The van der Waals surface area contributed by atoms with Crippen LogP contribution in [0.2, 0.25) is 0 Å². The minimum Gasteiger partial charge on any atom is -0.355 e. The first-order chi connectivity index (χ1) is 11.2. The normalized spacial score (nSPS) is 30.8. The van der Waals surface area contributed by atoms with Crippen molar-refractivity contribution in [3.8, 4) is 0 Å². The molecule has 0 aromatic carbocycles. The molecule has 3 rings (SSSR count). The third-order valence-corrected chi connectivity index (χ3v) is 6.52. The van der Waals surface area contributed by atoms with Crippen LogP contribution in [0.3, 0.4) is 0 Å². The van der Waals surface area contributed by atoms with E-state index in [9.17, 15) is 4.79 Å². The summed E-state index contributed by atoms with van der Waals surface area (Å²) in [5, 5.41) is 7.04. The van der Waals surface area contributed by atoms with Crippen molar-refractivity contribution >= 4 is 5.91 Å². The van der Waals surface area contributed by atoms with Crippen molar-refractivity contribution in [3.63, 3.8) is 0 Å². The molecule has 0 bridgehead atoms. The predicted molar refractivity (Wildman–Crippen MR) is 94.1 cm³/mol. The Bertz CT molecular complexity index is 380. The van der Waals surface area contributed by atoms with Gasteiger partial charge in [0.25, 0.3) is 0 Å². The highest BCUT2D eigenvalue weighted by atomic mass is 16.1. The van der Waals surface area contributed by atoms with Crippen molar-refractivity contribution in [1.29, 1.82) is 0 Å². The summed E-state index contributed by atoms with van der Waals surface area (Å²) in [7, 11) is 0. The van der Waals surface area contributed by atoms with Gasteiger partial charge in [-0.05, 0) is 63.8 Å². The number of hydrogen-bond acceptors (Lipinski definition) is 3. The minimum atomic E-state index is 0.236. The molecule has 0 unspecified atom stereocenters. The number of nitrogens with one attached hydrogen (secondary N) is 2. The molecule has 1 amide bonds. The zero-order valence-corrected chi connectivity index (χ0v) is 14.6. The van der Waals surface area contributed by atoms with Crippen LogP contribution >= 0.6 is 0 Å². The first-order valence-corrected chi connectivity index (χ1v) is 9.92. The SMILES string of the molecule is NCC1CCC(C(=O)NCC2(CNC3CCCCC3)CC2)CC1. The molecule has 0 aromatic rings. The molecule has 3 fully saturated rings. The first-order valence-electron chi connectivity index (χ1n) is 9.92. The highest BCUT2D eigenvalue weighted by molar-refractivity contribution is 5.78. The standard InChI is InChI=1S/C19H35N3O/c20-12-15-6-8-16(9-7-15)18(23)22-14-19(10-11-19)13-21-17-4-2-1-3-5-17/h15-17,21H,1-14,20H2,(H,22,23). The number of rotatable bonds is 7. The lowest BCUT2D eigenvalue weighted by Crippen LogP contribution is -2.42. The zero-order valence-electron chi connectivity index (χ0n) is 14.6. The van der Waals surface area contributed by atoms with Crippen LogP contribution in [-0.4, -0.2) is 31.6 Å². The van der Waals surface area contributed by atoms with Gasteiger partial charge >= 0.3 is 0 Å². The summed E-state index contributed by atoms with van der Waals surface area (Å²) in [5.74, 6) is 1.18. The van der Waals surface area contributed by atoms with Crippen LogP contribution in [0.25, 0.3) is 0 Å². The summed E-state index contributed by atoms with van der Waals surface area (Å²) in [5.41, 5.74) is 6.10. The van der Waals surface area contributed by atoms with Crippen LogP contribution in [0.15, 0.2) is 0 Å². The van der Waals surface area contributed by atoms with Crippen molar-refractivity contribution < 1.29 is 4.79 Å². The van der Waals surface area contributed by atoms with Crippen molar-refractivity contribution in [2.75, 3.05) is 19.6 Å². The largest absolute Gasteiger partial charge is 0.355 e. The average Bonchev–Trinajstić information content (AvgIpc) is 3.39. The van der Waals surface area contributed by atoms with Crippen molar-refractivity contribution in [2.45, 2.75) is 76.7 Å². The van der Waals surface area contributed by atoms with Gasteiger partial charge in [0.05, 0.1) is 0 Å². The second-order valence-corrected chi connectivity index (χ2v) is 8.39. The Morgan fingerprint density at radius 1 is 0.957 bits per heavy atom. The molecule has 0 saturated heterocycles. The van der Waals surface area contributed by atoms with E-state index in [4.69, 9.17) is 5.73 Å². The lowest BCUT2D eigenvalue weighted by atomic mass is 9.81. The molecule has 132 valence electrons. The molecular formula is C19H35N3O. The number of carbonyl (C=O) groups excluding carboxylic acids is 1. The minimum absolute atomic E-state index is 0.236.